The molecule has 0 bridgehead atoms. The molecule has 0 spiro atoms. The van der Waals surface area contributed by atoms with Crippen molar-refractivity contribution in [1.82, 2.24) is 10.2 Å². The summed E-state index contributed by atoms with van der Waals surface area (Å²) in [5.74, 6) is -0.548. The molecule has 1 saturated carbocycles. The Morgan fingerprint density at radius 1 is 0.974 bits per heavy atom. The molecule has 0 heterocycles. The highest BCUT2D eigenvalue weighted by atomic mass is 32.2. The third-order valence-corrected chi connectivity index (χ3v) is 8.66. The zero-order chi connectivity index (χ0) is 28.6. The molecule has 3 rings (SSSR count). The number of hydrogen-bond acceptors (Lipinski definition) is 4. The lowest BCUT2D eigenvalue weighted by molar-refractivity contribution is -0.140. The van der Waals surface area contributed by atoms with Crippen LogP contribution in [0.25, 0.3) is 0 Å². The van der Waals surface area contributed by atoms with E-state index < -0.39 is 16.1 Å². The number of carbonyl (C=O) groups excluding carboxylic acids is 2. The van der Waals surface area contributed by atoms with Gasteiger partial charge in [0, 0.05) is 12.6 Å². The minimum atomic E-state index is -3.75. The Morgan fingerprint density at radius 3 is 2.13 bits per heavy atom. The fourth-order valence-electron chi connectivity index (χ4n) is 5.18. The second kappa shape index (κ2) is 13.5. The summed E-state index contributed by atoms with van der Waals surface area (Å²) in [6.07, 6.45) is 7.39. The molecule has 1 aliphatic rings. The number of anilines is 1. The van der Waals surface area contributed by atoms with Gasteiger partial charge in [0.25, 0.3) is 0 Å². The quantitative estimate of drug-likeness (QED) is 0.421. The van der Waals surface area contributed by atoms with Crippen molar-refractivity contribution in [1.29, 1.82) is 0 Å². The maximum Gasteiger partial charge on any atom is 0.244 e. The van der Waals surface area contributed by atoms with Gasteiger partial charge in [0.05, 0.1) is 11.9 Å². The zero-order valence-electron chi connectivity index (χ0n) is 24.2. The molecule has 8 heteroatoms. The van der Waals surface area contributed by atoms with E-state index in [1.807, 2.05) is 49.4 Å². The molecule has 0 saturated heterocycles. The van der Waals surface area contributed by atoms with Gasteiger partial charge in [-0.15, -0.1) is 0 Å². The molecule has 214 valence electrons. The van der Waals surface area contributed by atoms with Crippen molar-refractivity contribution in [3.63, 3.8) is 0 Å². The number of rotatable bonds is 11. The molecule has 2 amide bonds. The fraction of sp³-hybridized carbons (Fsp3) is 0.548. The molecule has 2 aromatic rings. The average Bonchev–Trinajstić information content (AvgIpc) is 2.89. The van der Waals surface area contributed by atoms with E-state index >= 15 is 0 Å². The summed E-state index contributed by atoms with van der Waals surface area (Å²) >= 11 is 0. The van der Waals surface area contributed by atoms with Gasteiger partial charge in [-0.2, -0.15) is 0 Å². The van der Waals surface area contributed by atoms with Crippen molar-refractivity contribution in [2.75, 3.05) is 23.7 Å². The molecule has 1 unspecified atom stereocenters. The monoisotopic (exact) mass is 555 g/mol. The summed E-state index contributed by atoms with van der Waals surface area (Å²) in [5.41, 5.74) is 2.47. The van der Waals surface area contributed by atoms with Gasteiger partial charge in [-0.25, -0.2) is 8.42 Å². The predicted octanol–water partition coefficient (Wildman–Crippen LogP) is 5.05. The van der Waals surface area contributed by atoms with Crippen LogP contribution in [0.4, 0.5) is 5.69 Å². The summed E-state index contributed by atoms with van der Waals surface area (Å²) in [7, 11) is -3.75. The van der Waals surface area contributed by atoms with Gasteiger partial charge in [0.1, 0.15) is 12.6 Å². The highest BCUT2D eigenvalue weighted by Gasteiger charge is 2.32. The van der Waals surface area contributed by atoms with Crippen LogP contribution in [0.15, 0.2) is 54.6 Å². The Bertz CT molecular complexity index is 1180. The normalized spacial score (nSPS) is 15.4. The van der Waals surface area contributed by atoms with Gasteiger partial charge in [-0.3, -0.25) is 13.9 Å². The lowest BCUT2D eigenvalue weighted by atomic mass is 9.87. The highest BCUT2D eigenvalue weighted by molar-refractivity contribution is 7.92. The molecular weight excluding hydrogens is 510 g/mol. The number of hydrogen-bond donors (Lipinski definition) is 1. The first-order valence-electron chi connectivity index (χ1n) is 14.1. The van der Waals surface area contributed by atoms with Crippen LogP contribution in [-0.2, 0) is 31.4 Å². The van der Waals surface area contributed by atoms with Crippen LogP contribution in [-0.4, -0.2) is 56.6 Å². The van der Waals surface area contributed by atoms with Crippen molar-refractivity contribution in [3.8, 4) is 0 Å². The number of amides is 2. The fourth-order valence-corrected chi connectivity index (χ4v) is 6.03. The van der Waals surface area contributed by atoms with Crippen LogP contribution in [0, 0.1) is 0 Å². The van der Waals surface area contributed by atoms with Crippen LogP contribution >= 0.6 is 0 Å². The van der Waals surface area contributed by atoms with Crippen LogP contribution in [0.5, 0.6) is 0 Å². The first kappa shape index (κ1) is 30.7. The number of sulfonamides is 1. The maximum absolute atomic E-state index is 13.9. The van der Waals surface area contributed by atoms with Gasteiger partial charge in [-0.05, 0) is 54.4 Å². The van der Waals surface area contributed by atoms with Crippen LogP contribution in [0.1, 0.15) is 77.3 Å². The van der Waals surface area contributed by atoms with E-state index in [0.29, 0.717) is 25.1 Å². The Hall–Kier alpha value is -2.87. The Balaban J connectivity index is 1.87. The topological polar surface area (TPSA) is 86.8 Å². The number of benzene rings is 2. The molecule has 0 aromatic heterocycles. The Morgan fingerprint density at radius 2 is 1.59 bits per heavy atom. The third kappa shape index (κ3) is 8.82. The van der Waals surface area contributed by atoms with Gasteiger partial charge in [0.2, 0.25) is 21.8 Å². The molecule has 0 radical (unpaired) electrons. The Kier molecular flexibility index (Phi) is 10.6. The van der Waals surface area contributed by atoms with E-state index in [9.17, 15) is 18.0 Å². The zero-order valence-corrected chi connectivity index (χ0v) is 25.0. The minimum Gasteiger partial charge on any atom is -0.352 e. The van der Waals surface area contributed by atoms with E-state index in [-0.39, 0.29) is 29.8 Å². The van der Waals surface area contributed by atoms with Crippen molar-refractivity contribution in [2.24, 2.45) is 0 Å². The lowest BCUT2D eigenvalue weighted by Gasteiger charge is -2.34. The van der Waals surface area contributed by atoms with Crippen molar-refractivity contribution < 1.29 is 18.0 Å². The number of carbonyl (C=O) groups is 2. The first-order chi connectivity index (χ1) is 18.4. The van der Waals surface area contributed by atoms with Crippen LogP contribution in [0.2, 0.25) is 0 Å². The van der Waals surface area contributed by atoms with Gasteiger partial charge in [-0.1, -0.05) is 89.4 Å². The van der Waals surface area contributed by atoms with Gasteiger partial charge >= 0.3 is 0 Å². The summed E-state index contributed by atoms with van der Waals surface area (Å²) in [5, 5.41) is 3.17. The SMILES string of the molecule is CCC(C(=O)NC1CCCCC1)N(CCc1ccccc1)C(=O)CN(c1ccc(C(C)(C)C)cc1)S(C)(=O)=O. The lowest BCUT2D eigenvalue weighted by Crippen LogP contribution is -2.54. The molecule has 1 aliphatic carbocycles. The molecule has 1 atom stereocenters. The highest BCUT2D eigenvalue weighted by Crippen LogP contribution is 2.26. The third-order valence-electron chi connectivity index (χ3n) is 7.52. The van der Waals surface area contributed by atoms with E-state index in [2.05, 4.69) is 26.1 Å². The predicted molar refractivity (Wildman–Crippen MR) is 158 cm³/mol. The Labute approximate surface area is 235 Å². The molecule has 2 aromatic carbocycles. The first-order valence-corrected chi connectivity index (χ1v) is 16.0. The maximum atomic E-state index is 13.9. The van der Waals surface area contributed by atoms with Crippen molar-refractivity contribution in [2.45, 2.75) is 90.1 Å². The van der Waals surface area contributed by atoms with E-state index in [4.69, 9.17) is 0 Å². The molecular formula is C31H45N3O4S. The second-order valence-corrected chi connectivity index (χ2v) is 13.6. The number of nitrogens with one attached hydrogen (secondary N) is 1. The molecule has 0 aliphatic heterocycles. The molecule has 39 heavy (non-hydrogen) atoms. The van der Waals surface area contributed by atoms with Crippen molar-refractivity contribution >= 4 is 27.5 Å². The van der Waals surface area contributed by atoms with E-state index in [1.165, 1.54) is 6.42 Å². The molecule has 1 N–H and O–H groups in total. The average molecular weight is 556 g/mol. The summed E-state index contributed by atoms with van der Waals surface area (Å²) in [6.45, 7) is 8.12. The summed E-state index contributed by atoms with van der Waals surface area (Å²) < 4.78 is 26.9. The number of nitrogens with zero attached hydrogens (tertiary/aromatic N) is 2. The molecule has 7 nitrogen and oxygen atoms in total. The van der Waals surface area contributed by atoms with E-state index in [1.54, 1.807) is 17.0 Å². The van der Waals surface area contributed by atoms with E-state index in [0.717, 1.165) is 47.4 Å². The smallest absolute Gasteiger partial charge is 0.244 e. The van der Waals surface area contributed by atoms with Gasteiger partial charge in [0.15, 0.2) is 0 Å². The second-order valence-electron chi connectivity index (χ2n) is 11.7. The molecule has 1 fully saturated rings. The summed E-state index contributed by atoms with van der Waals surface area (Å²) in [4.78, 5) is 28.9. The van der Waals surface area contributed by atoms with Crippen LogP contribution < -0.4 is 9.62 Å². The van der Waals surface area contributed by atoms with Crippen LogP contribution in [0.3, 0.4) is 0 Å². The summed E-state index contributed by atoms with van der Waals surface area (Å²) in [6, 6.07) is 16.6. The van der Waals surface area contributed by atoms with Crippen molar-refractivity contribution in [3.05, 3.63) is 65.7 Å². The minimum absolute atomic E-state index is 0.0848. The standard InChI is InChI=1S/C31H45N3O4S/c1-6-28(30(36)32-26-15-11-8-12-16-26)33(22-21-24-13-9-7-10-14-24)29(35)23-34(39(5,37)38)27-19-17-25(18-20-27)31(2,3)4/h7,9-10,13-14,17-20,26,28H,6,8,11-12,15-16,21-23H2,1-5H3,(H,32,36). The largest absolute Gasteiger partial charge is 0.352 e. The van der Waals surface area contributed by atoms with Gasteiger partial charge < -0.3 is 10.2 Å².